The zero-order valence-corrected chi connectivity index (χ0v) is 24.6. The number of piperidine rings is 1. The van der Waals surface area contributed by atoms with Crippen LogP contribution in [0.4, 0.5) is 4.79 Å². The number of hydrogen-bond donors (Lipinski definition) is 4. The number of ether oxygens (including phenoxy) is 2. The summed E-state index contributed by atoms with van der Waals surface area (Å²) in [5.41, 5.74) is 9.28. The lowest BCUT2D eigenvalue weighted by Crippen LogP contribution is -2.50. The van der Waals surface area contributed by atoms with Gasteiger partial charge in [0.15, 0.2) is 5.84 Å². The van der Waals surface area contributed by atoms with Crippen LogP contribution in [0.2, 0.25) is 0 Å². The predicted octanol–water partition coefficient (Wildman–Crippen LogP) is 3.16. The summed E-state index contributed by atoms with van der Waals surface area (Å²) in [6.45, 7) is 7.82. The number of fused-ring (bicyclic) bond motifs is 1. The molecule has 1 amide bonds. The van der Waals surface area contributed by atoms with Gasteiger partial charge in [0.1, 0.15) is 17.0 Å². The Balaban J connectivity index is 1.28. The van der Waals surface area contributed by atoms with Crippen molar-refractivity contribution in [3.63, 3.8) is 0 Å². The van der Waals surface area contributed by atoms with E-state index in [4.69, 9.17) is 9.47 Å². The Hall–Kier alpha value is -3.61. The van der Waals surface area contributed by atoms with E-state index in [-0.39, 0.29) is 6.09 Å². The van der Waals surface area contributed by atoms with Gasteiger partial charge in [-0.3, -0.25) is 5.43 Å². The molecule has 2 aromatic carbocycles. The number of thiol groups is 1. The van der Waals surface area contributed by atoms with E-state index >= 15 is 0 Å². The topological polar surface area (TPSA) is 125 Å². The van der Waals surface area contributed by atoms with Crippen molar-refractivity contribution in [2.75, 3.05) is 26.2 Å². The second kappa shape index (κ2) is 12.1. The van der Waals surface area contributed by atoms with Gasteiger partial charge < -0.3 is 14.4 Å². The van der Waals surface area contributed by atoms with Crippen molar-refractivity contribution < 1.29 is 22.7 Å². The molecule has 0 atom stereocenters. The van der Waals surface area contributed by atoms with Gasteiger partial charge in [-0.15, -0.1) is 10.6 Å². The van der Waals surface area contributed by atoms with E-state index in [0.717, 1.165) is 40.9 Å². The molecule has 0 aromatic heterocycles. The van der Waals surface area contributed by atoms with Crippen molar-refractivity contribution in [2.24, 2.45) is 5.10 Å². The molecular formula is C29H38N6O5S. The summed E-state index contributed by atoms with van der Waals surface area (Å²) in [7, 11) is -2.55. The van der Waals surface area contributed by atoms with Gasteiger partial charge in [-0.05, 0) is 56.9 Å². The lowest BCUT2D eigenvalue weighted by atomic mass is 9.83. The van der Waals surface area contributed by atoms with E-state index in [1.54, 1.807) is 10.0 Å². The summed E-state index contributed by atoms with van der Waals surface area (Å²) >= 11 is 0. The normalized spacial score (nSPS) is 18.0. The summed E-state index contributed by atoms with van der Waals surface area (Å²) in [6.07, 6.45) is 4.80. The number of amidine groups is 1. The van der Waals surface area contributed by atoms with Crippen molar-refractivity contribution in [1.29, 1.82) is 0 Å². The second-order valence-corrected chi connectivity index (χ2v) is 12.3. The van der Waals surface area contributed by atoms with E-state index in [2.05, 4.69) is 45.1 Å². The molecule has 11 nitrogen and oxygen atoms in total. The standard InChI is InChI=1S/C29H38N6O5S/c1-28(2,3)40-27(36)34-18-14-29(15-19-34)20-24(23-8-4-5-9-25(23)39-29)21-10-12-22(13-11-21)26-31-33-35(32-26)17-7-6-16-30-41(37)38/h4-5,8-13,20,33,41H,6-7,14-19H2,1-3H3,(H,31,32)(H,30,37,38). The van der Waals surface area contributed by atoms with Gasteiger partial charge in [-0.25, -0.2) is 23.1 Å². The SMILES string of the molecule is CC(C)(C)OC(=O)N1CCC2(C=C(c3ccc(C4=NN(CCCCN[SH](=O)=O)NN4)cc3)c3ccccc3O2)CC1. The highest BCUT2D eigenvalue weighted by molar-refractivity contribution is 7.70. The summed E-state index contributed by atoms with van der Waals surface area (Å²) < 4.78 is 35.8. The number of nitrogens with one attached hydrogen (secondary N) is 3. The Labute approximate surface area is 242 Å². The van der Waals surface area contributed by atoms with Gasteiger partial charge in [-0.1, -0.05) is 42.5 Å². The molecular weight excluding hydrogens is 544 g/mol. The molecule has 0 saturated carbocycles. The highest BCUT2D eigenvalue weighted by atomic mass is 32.2. The summed E-state index contributed by atoms with van der Waals surface area (Å²) in [6, 6.07) is 16.3. The van der Waals surface area contributed by atoms with Gasteiger partial charge in [0.2, 0.25) is 10.9 Å². The fourth-order valence-electron chi connectivity index (χ4n) is 5.14. The molecule has 1 spiro atoms. The van der Waals surface area contributed by atoms with Crippen LogP contribution in [0.15, 0.2) is 59.7 Å². The van der Waals surface area contributed by atoms with Crippen molar-refractivity contribution >= 4 is 28.4 Å². The number of hydrazine groups is 2. The first-order valence-corrected chi connectivity index (χ1v) is 15.1. The molecule has 1 fully saturated rings. The number of likely N-dealkylation sites (tertiary alicyclic amines) is 1. The molecule has 5 rings (SSSR count). The highest BCUT2D eigenvalue weighted by Crippen LogP contribution is 2.43. The van der Waals surface area contributed by atoms with E-state index < -0.39 is 22.1 Å². The molecule has 0 unspecified atom stereocenters. The number of benzene rings is 2. The minimum absolute atomic E-state index is 0.283. The molecule has 1 saturated heterocycles. The van der Waals surface area contributed by atoms with E-state index in [1.807, 2.05) is 51.1 Å². The Morgan fingerprint density at radius 3 is 2.49 bits per heavy atom. The van der Waals surface area contributed by atoms with Crippen LogP contribution < -0.4 is 20.4 Å². The quantitative estimate of drug-likeness (QED) is 0.277. The van der Waals surface area contributed by atoms with Gasteiger partial charge in [0.25, 0.3) is 0 Å². The zero-order chi connectivity index (χ0) is 29.0. The maximum atomic E-state index is 12.6. The third kappa shape index (κ3) is 7.19. The molecule has 220 valence electrons. The molecule has 3 heterocycles. The number of carbonyl (C=O) groups is 1. The van der Waals surface area contributed by atoms with Crippen LogP contribution in [0.1, 0.15) is 63.1 Å². The number of hydrogen-bond acceptors (Lipinski definition) is 9. The Kier molecular flexibility index (Phi) is 8.52. The van der Waals surface area contributed by atoms with Crippen LogP contribution in [0, 0.1) is 0 Å². The average Bonchev–Trinajstić information content (AvgIpc) is 3.41. The van der Waals surface area contributed by atoms with Gasteiger partial charge >= 0.3 is 6.09 Å². The van der Waals surface area contributed by atoms with Crippen LogP contribution in [-0.2, 0) is 15.6 Å². The minimum Gasteiger partial charge on any atom is -0.482 e. The number of rotatable bonds is 8. The third-order valence-electron chi connectivity index (χ3n) is 7.19. The Bertz CT molecular complexity index is 1380. The molecule has 41 heavy (non-hydrogen) atoms. The van der Waals surface area contributed by atoms with E-state index in [9.17, 15) is 13.2 Å². The molecule has 0 bridgehead atoms. The largest absolute Gasteiger partial charge is 0.482 e. The maximum absolute atomic E-state index is 12.6. The van der Waals surface area contributed by atoms with E-state index in [0.29, 0.717) is 44.9 Å². The van der Waals surface area contributed by atoms with Crippen molar-refractivity contribution in [3.05, 3.63) is 71.3 Å². The number of unbranched alkanes of at least 4 members (excludes halogenated alkanes) is 1. The van der Waals surface area contributed by atoms with Crippen LogP contribution >= 0.6 is 0 Å². The lowest BCUT2D eigenvalue weighted by Gasteiger charge is -2.43. The monoisotopic (exact) mass is 582 g/mol. The molecule has 0 aliphatic carbocycles. The fraction of sp³-hybridized carbons (Fsp3) is 0.448. The lowest BCUT2D eigenvalue weighted by molar-refractivity contribution is -0.00116. The molecule has 12 heteroatoms. The molecule has 3 aliphatic rings. The van der Waals surface area contributed by atoms with Crippen LogP contribution in [-0.4, -0.2) is 67.7 Å². The number of nitrogens with zero attached hydrogens (tertiary/aromatic N) is 3. The number of carbonyl (C=O) groups excluding carboxylic acids is 1. The molecule has 2 aromatic rings. The van der Waals surface area contributed by atoms with Crippen LogP contribution in [0.3, 0.4) is 0 Å². The summed E-state index contributed by atoms with van der Waals surface area (Å²) in [5, 5.41) is 6.31. The zero-order valence-electron chi connectivity index (χ0n) is 23.7. The highest BCUT2D eigenvalue weighted by Gasteiger charge is 2.40. The first kappa shape index (κ1) is 28.9. The Morgan fingerprint density at radius 2 is 1.78 bits per heavy atom. The minimum atomic E-state index is -2.55. The Morgan fingerprint density at radius 1 is 1.07 bits per heavy atom. The summed E-state index contributed by atoms with van der Waals surface area (Å²) in [4.78, 5) is 14.4. The maximum Gasteiger partial charge on any atom is 0.410 e. The van der Waals surface area contributed by atoms with E-state index in [1.165, 1.54) is 0 Å². The smallest absolute Gasteiger partial charge is 0.410 e. The van der Waals surface area contributed by atoms with Crippen molar-refractivity contribution in [1.82, 2.24) is 25.7 Å². The van der Waals surface area contributed by atoms with Crippen LogP contribution in [0.25, 0.3) is 5.57 Å². The van der Waals surface area contributed by atoms with Gasteiger partial charge in [-0.2, -0.15) is 0 Å². The third-order valence-corrected chi connectivity index (χ3v) is 7.67. The van der Waals surface area contributed by atoms with Crippen molar-refractivity contribution in [2.45, 2.75) is 57.7 Å². The average molecular weight is 583 g/mol. The number of hydrazone groups is 1. The first-order chi connectivity index (χ1) is 19.6. The van der Waals surface area contributed by atoms with Gasteiger partial charge in [0, 0.05) is 43.6 Å². The first-order valence-electron chi connectivity index (χ1n) is 14.0. The number of para-hydroxylation sites is 1. The molecule has 0 radical (unpaired) electrons. The summed E-state index contributed by atoms with van der Waals surface area (Å²) in [5.74, 6) is 1.56. The number of amides is 1. The predicted molar refractivity (Wildman–Crippen MR) is 157 cm³/mol. The fourth-order valence-corrected chi connectivity index (χ4v) is 5.48. The van der Waals surface area contributed by atoms with Crippen LogP contribution in [0.5, 0.6) is 5.75 Å². The second-order valence-electron chi connectivity index (χ2n) is 11.4. The van der Waals surface area contributed by atoms with Crippen molar-refractivity contribution in [3.8, 4) is 5.75 Å². The molecule has 3 N–H and O–H groups in total. The molecule has 3 aliphatic heterocycles. The van der Waals surface area contributed by atoms with Gasteiger partial charge in [0.05, 0.1) is 6.54 Å².